The molecule has 0 radical (unpaired) electrons. The lowest BCUT2D eigenvalue weighted by molar-refractivity contribution is -0.137. The van der Waals surface area contributed by atoms with Gasteiger partial charge in [0.25, 0.3) is 0 Å². The molecule has 0 aliphatic carbocycles. The van der Waals surface area contributed by atoms with E-state index in [0.717, 1.165) is 12.1 Å². The van der Waals surface area contributed by atoms with Crippen LogP contribution in [0.4, 0.5) is 17.6 Å². The van der Waals surface area contributed by atoms with E-state index < -0.39 is 23.1 Å². The predicted octanol–water partition coefficient (Wildman–Crippen LogP) is 2.72. The first-order valence-corrected chi connectivity index (χ1v) is 6.42. The maximum atomic E-state index is 13.3. The Morgan fingerprint density at radius 3 is 2.43 bits per heavy atom. The average Bonchev–Trinajstić information content (AvgIpc) is 2.35. The van der Waals surface area contributed by atoms with Gasteiger partial charge < -0.3 is 15.2 Å². The zero-order valence-corrected chi connectivity index (χ0v) is 11.9. The van der Waals surface area contributed by atoms with Crippen LogP contribution in [0.5, 0.6) is 0 Å². The normalized spacial score (nSPS) is 15.0. The van der Waals surface area contributed by atoms with E-state index in [1.54, 1.807) is 6.92 Å². The first-order valence-electron chi connectivity index (χ1n) is 6.42. The maximum absolute atomic E-state index is 13.3. The van der Waals surface area contributed by atoms with Crippen LogP contribution in [0.3, 0.4) is 0 Å². The number of methoxy groups -OCH3 is 1. The smallest absolute Gasteiger partial charge is 0.396 e. The minimum Gasteiger partial charge on any atom is -0.396 e. The molecule has 0 saturated heterocycles. The summed E-state index contributed by atoms with van der Waals surface area (Å²) in [5.74, 6) is -0.933. The minimum absolute atomic E-state index is 0.0424. The number of hydrogen-bond donors (Lipinski definition) is 2. The molecule has 1 atom stereocenters. The summed E-state index contributed by atoms with van der Waals surface area (Å²) in [5.41, 5.74) is -1.44. The Labute approximate surface area is 120 Å². The van der Waals surface area contributed by atoms with E-state index in [4.69, 9.17) is 9.84 Å². The van der Waals surface area contributed by atoms with Crippen molar-refractivity contribution >= 4 is 0 Å². The highest BCUT2D eigenvalue weighted by Crippen LogP contribution is 2.30. The van der Waals surface area contributed by atoms with Gasteiger partial charge in [-0.1, -0.05) is 0 Å². The van der Waals surface area contributed by atoms with E-state index >= 15 is 0 Å². The van der Waals surface area contributed by atoms with Gasteiger partial charge >= 0.3 is 6.18 Å². The van der Waals surface area contributed by atoms with Gasteiger partial charge in [0.15, 0.2) is 0 Å². The fourth-order valence-electron chi connectivity index (χ4n) is 2.01. The molecule has 7 heteroatoms. The Hall–Kier alpha value is -1.18. The van der Waals surface area contributed by atoms with Crippen LogP contribution in [0.15, 0.2) is 18.2 Å². The molecule has 1 aromatic rings. The van der Waals surface area contributed by atoms with E-state index in [9.17, 15) is 17.6 Å². The number of nitrogens with one attached hydrogen (secondary N) is 1. The monoisotopic (exact) mass is 309 g/mol. The maximum Gasteiger partial charge on any atom is 0.416 e. The van der Waals surface area contributed by atoms with Gasteiger partial charge in [-0.2, -0.15) is 13.2 Å². The Kier molecular flexibility index (Phi) is 6.12. The molecule has 1 unspecified atom stereocenters. The van der Waals surface area contributed by atoms with Crippen molar-refractivity contribution in [2.45, 2.75) is 31.6 Å². The lowest BCUT2D eigenvalue weighted by Crippen LogP contribution is -2.46. The summed E-state index contributed by atoms with van der Waals surface area (Å²) >= 11 is 0. The number of halogens is 4. The zero-order chi connectivity index (χ0) is 16.1. The molecule has 0 heterocycles. The number of aliphatic hydroxyl groups is 1. The highest BCUT2D eigenvalue weighted by Gasteiger charge is 2.31. The molecule has 0 aromatic heterocycles. The van der Waals surface area contributed by atoms with Crippen LogP contribution >= 0.6 is 0 Å². The van der Waals surface area contributed by atoms with Crippen LogP contribution in [0.1, 0.15) is 24.5 Å². The molecule has 0 spiro atoms. The topological polar surface area (TPSA) is 41.5 Å². The zero-order valence-electron chi connectivity index (χ0n) is 11.9. The van der Waals surface area contributed by atoms with Gasteiger partial charge in [0.1, 0.15) is 5.82 Å². The van der Waals surface area contributed by atoms with Crippen LogP contribution in [-0.4, -0.2) is 31.0 Å². The van der Waals surface area contributed by atoms with Gasteiger partial charge in [0, 0.05) is 25.8 Å². The summed E-state index contributed by atoms with van der Waals surface area (Å²) in [6.45, 7) is 2.00. The van der Waals surface area contributed by atoms with Gasteiger partial charge in [-0.15, -0.1) is 0 Å². The van der Waals surface area contributed by atoms with E-state index in [1.165, 1.54) is 7.11 Å². The first kappa shape index (κ1) is 17.9. The molecule has 0 bridgehead atoms. The highest BCUT2D eigenvalue weighted by atomic mass is 19.4. The summed E-state index contributed by atoms with van der Waals surface area (Å²) < 4.78 is 56.2. The third-order valence-corrected chi connectivity index (χ3v) is 3.13. The second kappa shape index (κ2) is 7.20. The minimum atomic E-state index is -4.59. The summed E-state index contributed by atoms with van der Waals surface area (Å²) in [6, 6.07) is 2.42. The van der Waals surface area contributed by atoms with Crippen LogP contribution in [0, 0.1) is 5.82 Å². The van der Waals surface area contributed by atoms with E-state index in [0.29, 0.717) is 12.5 Å². The Morgan fingerprint density at radius 2 is 1.90 bits per heavy atom. The van der Waals surface area contributed by atoms with Crippen molar-refractivity contribution in [3.63, 3.8) is 0 Å². The van der Waals surface area contributed by atoms with Crippen molar-refractivity contribution in [3.8, 4) is 0 Å². The second-order valence-corrected chi connectivity index (χ2v) is 5.17. The molecular weight excluding hydrogens is 290 g/mol. The molecule has 1 aromatic carbocycles. The van der Waals surface area contributed by atoms with Crippen molar-refractivity contribution in [2.75, 3.05) is 20.3 Å². The van der Waals surface area contributed by atoms with Crippen molar-refractivity contribution in [3.05, 3.63) is 35.1 Å². The Bertz CT molecular complexity index is 457. The molecule has 2 N–H and O–H groups in total. The second-order valence-electron chi connectivity index (χ2n) is 5.17. The number of hydrogen-bond acceptors (Lipinski definition) is 3. The van der Waals surface area contributed by atoms with Crippen molar-refractivity contribution in [1.29, 1.82) is 0 Å². The molecule has 1 rings (SSSR count). The van der Waals surface area contributed by atoms with Gasteiger partial charge in [-0.3, -0.25) is 0 Å². The van der Waals surface area contributed by atoms with Gasteiger partial charge in [-0.25, -0.2) is 4.39 Å². The van der Waals surface area contributed by atoms with Crippen LogP contribution < -0.4 is 5.32 Å². The number of aliphatic hydroxyl groups excluding tert-OH is 1. The largest absolute Gasteiger partial charge is 0.416 e. The van der Waals surface area contributed by atoms with Crippen LogP contribution in [-0.2, 0) is 17.5 Å². The summed E-state index contributed by atoms with van der Waals surface area (Å²) in [6.07, 6.45) is -4.22. The number of alkyl halides is 3. The van der Waals surface area contributed by atoms with E-state index in [1.807, 2.05) is 0 Å². The lowest BCUT2D eigenvalue weighted by atomic mass is 9.98. The predicted molar refractivity (Wildman–Crippen MR) is 70.2 cm³/mol. The third-order valence-electron chi connectivity index (χ3n) is 3.13. The Morgan fingerprint density at radius 1 is 1.24 bits per heavy atom. The van der Waals surface area contributed by atoms with E-state index in [2.05, 4.69) is 5.32 Å². The molecule has 0 amide bonds. The molecular formula is C14H19F4NO2. The average molecular weight is 309 g/mol. The number of rotatable bonds is 7. The fraction of sp³-hybridized carbons (Fsp3) is 0.571. The molecule has 120 valence electrons. The van der Waals surface area contributed by atoms with Crippen molar-refractivity contribution in [2.24, 2.45) is 0 Å². The Balaban J connectivity index is 2.85. The van der Waals surface area contributed by atoms with Gasteiger partial charge in [-0.05, 0) is 37.1 Å². The number of ether oxygens (including phenoxy) is 1. The lowest BCUT2D eigenvalue weighted by Gasteiger charge is -2.29. The van der Waals surface area contributed by atoms with Crippen molar-refractivity contribution < 1.29 is 27.4 Å². The van der Waals surface area contributed by atoms with Gasteiger partial charge in [0.05, 0.1) is 12.2 Å². The standard InChI is InChI=1S/C14H19F4NO2/c1-13(3-4-20,9-21-2)19-8-10-5-11(14(16,17)18)7-12(15)6-10/h5-7,19-20H,3-4,8-9H2,1-2H3. The number of benzene rings is 1. The molecule has 21 heavy (non-hydrogen) atoms. The van der Waals surface area contributed by atoms with Gasteiger partial charge in [0.2, 0.25) is 0 Å². The van der Waals surface area contributed by atoms with Crippen molar-refractivity contribution in [1.82, 2.24) is 5.32 Å². The summed E-state index contributed by atoms with van der Waals surface area (Å²) in [5, 5.41) is 12.0. The molecule has 0 aliphatic rings. The molecule has 0 aliphatic heterocycles. The fourth-order valence-corrected chi connectivity index (χ4v) is 2.01. The van der Waals surface area contributed by atoms with Crippen LogP contribution in [0.2, 0.25) is 0 Å². The van der Waals surface area contributed by atoms with E-state index in [-0.39, 0.29) is 25.3 Å². The molecule has 0 fully saturated rings. The van der Waals surface area contributed by atoms with Crippen LogP contribution in [0.25, 0.3) is 0 Å². The summed E-state index contributed by atoms with van der Waals surface area (Å²) in [4.78, 5) is 0. The molecule has 3 nitrogen and oxygen atoms in total. The summed E-state index contributed by atoms with van der Waals surface area (Å²) in [7, 11) is 1.49. The quantitative estimate of drug-likeness (QED) is 0.761. The third kappa shape index (κ3) is 5.61. The first-order chi connectivity index (χ1) is 9.70. The highest BCUT2D eigenvalue weighted by molar-refractivity contribution is 5.27. The molecule has 0 saturated carbocycles. The SMILES string of the molecule is COCC(C)(CCO)NCc1cc(F)cc(C(F)(F)F)c1.